The minimum Gasteiger partial charge on any atom is -0.397 e. The molecule has 0 spiro atoms. The summed E-state index contributed by atoms with van der Waals surface area (Å²) < 4.78 is 1.48. The SMILES string of the molecule is CNC(=O)c1ccn(-c2cc(C(=O)N(C)C)ccc2N)n1. The Morgan fingerprint density at radius 2 is 2.00 bits per heavy atom. The quantitative estimate of drug-likeness (QED) is 0.805. The van der Waals surface area contributed by atoms with Gasteiger partial charge in [0.25, 0.3) is 11.8 Å². The Morgan fingerprint density at radius 3 is 2.62 bits per heavy atom. The lowest BCUT2D eigenvalue weighted by atomic mass is 10.1. The largest absolute Gasteiger partial charge is 0.397 e. The molecule has 2 amide bonds. The van der Waals surface area contributed by atoms with Crippen LogP contribution in [0.25, 0.3) is 5.69 Å². The van der Waals surface area contributed by atoms with Crippen LogP contribution >= 0.6 is 0 Å². The van der Waals surface area contributed by atoms with Crippen molar-refractivity contribution in [2.45, 2.75) is 0 Å². The molecule has 0 saturated heterocycles. The van der Waals surface area contributed by atoms with E-state index in [0.717, 1.165) is 0 Å². The van der Waals surface area contributed by atoms with Crippen molar-refractivity contribution in [3.05, 3.63) is 41.7 Å². The molecule has 0 aliphatic heterocycles. The number of carbonyl (C=O) groups excluding carboxylic acids is 2. The summed E-state index contributed by atoms with van der Waals surface area (Å²) in [6.45, 7) is 0. The van der Waals surface area contributed by atoms with E-state index in [9.17, 15) is 9.59 Å². The Hall–Kier alpha value is -2.83. The zero-order chi connectivity index (χ0) is 15.6. The van der Waals surface area contributed by atoms with Gasteiger partial charge in [0.2, 0.25) is 0 Å². The minimum absolute atomic E-state index is 0.130. The molecular weight excluding hydrogens is 270 g/mol. The molecule has 0 bridgehead atoms. The van der Waals surface area contributed by atoms with E-state index in [2.05, 4.69) is 10.4 Å². The first kappa shape index (κ1) is 14.6. The lowest BCUT2D eigenvalue weighted by molar-refractivity contribution is 0.0827. The van der Waals surface area contributed by atoms with Crippen molar-refractivity contribution < 1.29 is 9.59 Å². The molecule has 0 saturated carbocycles. The molecule has 1 heterocycles. The summed E-state index contributed by atoms with van der Waals surface area (Å²) in [7, 11) is 4.89. The average Bonchev–Trinajstić information content (AvgIpc) is 2.95. The number of aromatic nitrogens is 2. The van der Waals surface area contributed by atoms with Gasteiger partial charge in [0, 0.05) is 32.9 Å². The van der Waals surface area contributed by atoms with Gasteiger partial charge in [0.15, 0.2) is 5.69 Å². The van der Waals surface area contributed by atoms with Crippen molar-refractivity contribution in [3.63, 3.8) is 0 Å². The number of nitrogens with zero attached hydrogens (tertiary/aromatic N) is 3. The third-order valence-corrected chi connectivity index (χ3v) is 2.98. The fraction of sp³-hybridized carbons (Fsp3) is 0.214. The van der Waals surface area contributed by atoms with Crippen molar-refractivity contribution in [3.8, 4) is 5.69 Å². The predicted octanol–water partition coefficient (Wildman–Crippen LogP) is 0.516. The summed E-state index contributed by atoms with van der Waals surface area (Å²) in [4.78, 5) is 25.0. The highest BCUT2D eigenvalue weighted by atomic mass is 16.2. The number of nitrogens with one attached hydrogen (secondary N) is 1. The zero-order valence-electron chi connectivity index (χ0n) is 12.1. The Balaban J connectivity index is 2.43. The van der Waals surface area contributed by atoms with E-state index >= 15 is 0 Å². The first-order valence-corrected chi connectivity index (χ1v) is 6.33. The summed E-state index contributed by atoms with van der Waals surface area (Å²) in [5.41, 5.74) is 7.73. The molecule has 0 aliphatic carbocycles. The fourth-order valence-electron chi connectivity index (χ4n) is 1.84. The number of benzene rings is 1. The van der Waals surface area contributed by atoms with E-state index in [1.165, 1.54) is 16.6 Å². The van der Waals surface area contributed by atoms with E-state index in [4.69, 9.17) is 5.73 Å². The van der Waals surface area contributed by atoms with Crippen LogP contribution in [-0.2, 0) is 0 Å². The topological polar surface area (TPSA) is 93.2 Å². The number of carbonyl (C=O) groups is 2. The Morgan fingerprint density at radius 1 is 1.29 bits per heavy atom. The lowest BCUT2D eigenvalue weighted by Gasteiger charge is -2.12. The molecule has 2 rings (SSSR count). The molecule has 7 heteroatoms. The van der Waals surface area contributed by atoms with Crippen LogP contribution < -0.4 is 11.1 Å². The molecular formula is C14H17N5O2. The average molecular weight is 287 g/mol. The third-order valence-electron chi connectivity index (χ3n) is 2.98. The van der Waals surface area contributed by atoms with E-state index in [-0.39, 0.29) is 17.5 Å². The van der Waals surface area contributed by atoms with Crippen LogP contribution in [0.15, 0.2) is 30.5 Å². The molecule has 21 heavy (non-hydrogen) atoms. The van der Waals surface area contributed by atoms with Gasteiger partial charge in [0.1, 0.15) is 0 Å². The molecule has 1 aromatic carbocycles. The van der Waals surface area contributed by atoms with Gasteiger partial charge in [-0.2, -0.15) is 5.10 Å². The molecule has 7 nitrogen and oxygen atoms in total. The maximum atomic E-state index is 12.0. The fourth-order valence-corrected chi connectivity index (χ4v) is 1.84. The third kappa shape index (κ3) is 2.86. The van der Waals surface area contributed by atoms with E-state index in [1.807, 2.05) is 0 Å². The molecule has 0 fully saturated rings. The first-order chi connectivity index (χ1) is 9.93. The second-order valence-electron chi connectivity index (χ2n) is 4.70. The van der Waals surface area contributed by atoms with Gasteiger partial charge in [-0.1, -0.05) is 0 Å². The second-order valence-corrected chi connectivity index (χ2v) is 4.70. The van der Waals surface area contributed by atoms with E-state index in [1.54, 1.807) is 44.6 Å². The van der Waals surface area contributed by atoms with Gasteiger partial charge in [0.05, 0.1) is 11.4 Å². The Kier molecular flexibility index (Phi) is 3.93. The number of rotatable bonds is 3. The summed E-state index contributed by atoms with van der Waals surface area (Å²) >= 11 is 0. The number of amides is 2. The van der Waals surface area contributed by atoms with Crippen molar-refractivity contribution in [1.29, 1.82) is 0 Å². The molecule has 0 atom stereocenters. The predicted molar refractivity (Wildman–Crippen MR) is 79.4 cm³/mol. The van der Waals surface area contributed by atoms with Gasteiger partial charge in [-0.25, -0.2) is 4.68 Å². The Labute approximate surface area is 122 Å². The second kappa shape index (κ2) is 5.66. The number of hydrogen-bond donors (Lipinski definition) is 2. The molecule has 2 aromatic rings. The normalized spacial score (nSPS) is 10.2. The standard InChI is InChI=1S/C14H17N5O2/c1-16-13(20)11-6-7-19(17-11)12-8-9(4-5-10(12)15)14(21)18(2)3/h4-8H,15H2,1-3H3,(H,16,20). The van der Waals surface area contributed by atoms with Crippen LogP contribution in [0.1, 0.15) is 20.8 Å². The molecule has 3 N–H and O–H groups in total. The van der Waals surface area contributed by atoms with Crippen molar-refractivity contribution >= 4 is 17.5 Å². The first-order valence-electron chi connectivity index (χ1n) is 6.33. The van der Waals surface area contributed by atoms with Crippen LogP contribution in [-0.4, -0.2) is 47.6 Å². The summed E-state index contributed by atoms with van der Waals surface area (Å²) in [5, 5.41) is 6.66. The van der Waals surface area contributed by atoms with E-state index in [0.29, 0.717) is 16.9 Å². The number of nitrogen functional groups attached to an aromatic ring is 1. The molecule has 1 aromatic heterocycles. The van der Waals surface area contributed by atoms with Crippen molar-refractivity contribution in [2.24, 2.45) is 0 Å². The van der Waals surface area contributed by atoms with Gasteiger partial charge < -0.3 is 16.0 Å². The van der Waals surface area contributed by atoms with E-state index < -0.39 is 0 Å². The molecule has 110 valence electrons. The van der Waals surface area contributed by atoms with Crippen molar-refractivity contribution in [2.75, 3.05) is 26.9 Å². The van der Waals surface area contributed by atoms with Crippen LogP contribution in [0.2, 0.25) is 0 Å². The van der Waals surface area contributed by atoms with Crippen LogP contribution in [0.3, 0.4) is 0 Å². The highest BCUT2D eigenvalue weighted by Gasteiger charge is 2.13. The van der Waals surface area contributed by atoms with Crippen LogP contribution in [0.4, 0.5) is 5.69 Å². The molecule has 0 radical (unpaired) electrons. The maximum Gasteiger partial charge on any atom is 0.271 e. The number of anilines is 1. The van der Waals surface area contributed by atoms with Gasteiger partial charge in [-0.05, 0) is 24.3 Å². The summed E-state index contributed by atoms with van der Waals surface area (Å²) in [6.07, 6.45) is 1.63. The zero-order valence-corrected chi connectivity index (χ0v) is 12.1. The molecule has 0 aliphatic rings. The smallest absolute Gasteiger partial charge is 0.271 e. The number of nitrogens with two attached hydrogens (primary N) is 1. The van der Waals surface area contributed by atoms with Gasteiger partial charge in [-0.15, -0.1) is 0 Å². The van der Waals surface area contributed by atoms with Crippen molar-refractivity contribution in [1.82, 2.24) is 20.0 Å². The highest BCUT2D eigenvalue weighted by Crippen LogP contribution is 2.19. The van der Waals surface area contributed by atoms with Gasteiger partial charge in [-0.3, -0.25) is 9.59 Å². The minimum atomic E-state index is -0.284. The Bertz CT molecular complexity index is 690. The lowest BCUT2D eigenvalue weighted by Crippen LogP contribution is -2.22. The number of hydrogen-bond acceptors (Lipinski definition) is 4. The molecule has 0 unspecified atom stereocenters. The monoisotopic (exact) mass is 287 g/mol. The summed E-state index contributed by atoms with van der Waals surface area (Å²) in [5.74, 6) is -0.414. The maximum absolute atomic E-state index is 12.0. The van der Waals surface area contributed by atoms with Gasteiger partial charge >= 0.3 is 0 Å². The van der Waals surface area contributed by atoms with Crippen LogP contribution in [0.5, 0.6) is 0 Å². The van der Waals surface area contributed by atoms with Crippen LogP contribution in [0, 0.1) is 0 Å². The summed E-state index contributed by atoms with van der Waals surface area (Å²) in [6, 6.07) is 6.54. The highest BCUT2D eigenvalue weighted by molar-refractivity contribution is 5.95.